The Kier molecular flexibility index (Phi) is 4.73. The summed E-state index contributed by atoms with van der Waals surface area (Å²) >= 11 is 0. The summed E-state index contributed by atoms with van der Waals surface area (Å²) < 4.78 is 0. The third-order valence-corrected chi connectivity index (χ3v) is 5.43. The van der Waals surface area contributed by atoms with E-state index >= 15 is 0 Å². The highest BCUT2D eigenvalue weighted by atomic mass is 16.2. The highest BCUT2D eigenvalue weighted by Gasteiger charge is 2.37. The number of hydrogen-bond donors (Lipinski definition) is 2. The molecule has 6 heteroatoms. The van der Waals surface area contributed by atoms with E-state index in [1.807, 2.05) is 32.0 Å². The lowest BCUT2D eigenvalue weighted by atomic mass is 10.1. The van der Waals surface area contributed by atoms with Gasteiger partial charge >= 0.3 is 0 Å². The smallest absolute Gasteiger partial charge is 0.266 e. The van der Waals surface area contributed by atoms with E-state index in [0.717, 1.165) is 30.5 Å². The minimum atomic E-state index is -0.388. The number of carbonyl (C=O) groups is 3. The van der Waals surface area contributed by atoms with Crippen LogP contribution in [0.4, 0.5) is 5.69 Å². The molecule has 0 bridgehead atoms. The number of imide groups is 1. The summed E-state index contributed by atoms with van der Waals surface area (Å²) in [6.07, 6.45) is 2.16. The molecule has 2 heterocycles. The molecule has 2 N–H and O–H groups in total. The standard InChI is InChI=1S/C22H23N3O3/c1-13-5-6-14(2)19(10-13)25-21(27)17-8-7-15(11-18(17)22(25)28)20(26)24-12-16-4-3-9-23-16/h5-8,10-11,16,23H,3-4,9,12H2,1-2H3,(H,24,26). The zero-order valence-corrected chi connectivity index (χ0v) is 16.0. The first-order valence-corrected chi connectivity index (χ1v) is 9.57. The van der Waals surface area contributed by atoms with E-state index in [2.05, 4.69) is 10.6 Å². The van der Waals surface area contributed by atoms with Gasteiger partial charge in [-0.05, 0) is 68.6 Å². The molecule has 3 amide bonds. The Morgan fingerprint density at radius 2 is 1.89 bits per heavy atom. The molecule has 2 aliphatic heterocycles. The Bertz CT molecular complexity index is 977. The molecule has 6 nitrogen and oxygen atoms in total. The summed E-state index contributed by atoms with van der Waals surface area (Å²) in [7, 11) is 0. The van der Waals surface area contributed by atoms with Crippen molar-refractivity contribution in [3.8, 4) is 0 Å². The van der Waals surface area contributed by atoms with Crippen molar-refractivity contribution >= 4 is 23.4 Å². The molecule has 0 aliphatic carbocycles. The van der Waals surface area contributed by atoms with Crippen molar-refractivity contribution < 1.29 is 14.4 Å². The van der Waals surface area contributed by atoms with Crippen molar-refractivity contribution in [1.29, 1.82) is 0 Å². The first kappa shape index (κ1) is 18.4. The molecule has 2 aliphatic rings. The largest absolute Gasteiger partial charge is 0.350 e. The minimum absolute atomic E-state index is 0.234. The van der Waals surface area contributed by atoms with E-state index in [-0.39, 0.29) is 23.3 Å². The summed E-state index contributed by atoms with van der Waals surface area (Å²) in [4.78, 5) is 39.5. The van der Waals surface area contributed by atoms with Gasteiger partial charge in [0.15, 0.2) is 0 Å². The Hall–Kier alpha value is -2.99. The van der Waals surface area contributed by atoms with Crippen LogP contribution in [0.3, 0.4) is 0 Å². The van der Waals surface area contributed by atoms with E-state index in [0.29, 0.717) is 29.4 Å². The number of anilines is 1. The number of benzene rings is 2. The second-order valence-electron chi connectivity index (χ2n) is 7.50. The summed E-state index contributed by atoms with van der Waals surface area (Å²) in [5, 5.41) is 6.24. The Morgan fingerprint density at radius 1 is 1.11 bits per heavy atom. The second kappa shape index (κ2) is 7.20. The molecular weight excluding hydrogens is 354 g/mol. The lowest BCUT2D eigenvalue weighted by molar-refractivity contribution is 0.0923. The van der Waals surface area contributed by atoms with Crippen LogP contribution in [-0.2, 0) is 0 Å². The van der Waals surface area contributed by atoms with Gasteiger partial charge in [0, 0.05) is 18.2 Å². The molecule has 1 saturated heterocycles. The quantitative estimate of drug-likeness (QED) is 0.803. The summed E-state index contributed by atoms with van der Waals surface area (Å²) in [6.45, 7) is 5.32. The normalized spacial score (nSPS) is 18.5. The minimum Gasteiger partial charge on any atom is -0.350 e. The van der Waals surface area contributed by atoms with E-state index in [1.165, 1.54) is 11.0 Å². The molecule has 1 unspecified atom stereocenters. The fraction of sp³-hybridized carbons (Fsp3) is 0.318. The van der Waals surface area contributed by atoms with Crippen molar-refractivity contribution in [1.82, 2.24) is 10.6 Å². The van der Waals surface area contributed by atoms with Crippen LogP contribution in [0.2, 0.25) is 0 Å². The molecule has 0 spiro atoms. The topological polar surface area (TPSA) is 78.5 Å². The molecule has 1 atom stereocenters. The predicted molar refractivity (Wildman–Crippen MR) is 107 cm³/mol. The number of amides is 3. The Morgan fingerprint density at radius 3 is 2.64 bits per heavy atom. The van der Waals surface area contributed by atoms with E-state index in [1.54, 1.807) is 12.1 Å². The molecule has 4 rings (SSSR count). The number of nitrogens with zero attached hydrogens (tertiary/aromatic N) is 1. The zero-order valence-electron chi connectivity index (χ0n) is 16.0. The Balaban J connectivity index is 1.58. The van der Waals surface area contributed by atoms with Gasteiger partial charge in [0.25, 0.3) is 17.7 Å². The molecule has 0 radical (unpaired) electrons. The van der Waals surface area contributed by atoms with E-state index in [9.17, 15) is 14.4 Å². The number of nitrogens with one attached hydrogen (secondary N) is 2. The van der Waals surface area contributed by atoms with Gasteiger partial charge in [-0.3, -0.25) is 14.4 Å². The van der Waals surface area contributed by atoms with Gasteiger partial charge in [-0.1, -0.05) is 12.1 Å². The summed E-state index contributed by atoms with van der Waals surface area (Å²) in [5.41, 5.74) is 3.41. The lowest BCUT2D eigenvalue weighted by Crippen LogP contribution is -2.37. The second-order valence-corrected chi connectivity index (χ2v) is 7.50. The van der Waals surface area contributed by atoms with Gasteiger partial charge < -0.3 is 10.6 Å². The summed E-state index contributed by atoms with van der Waals surface area (Å²) in [6, 6.07) is 10.7. The van der Waals surface area contributed by atoms with Crippen LogP contribution in [0.1, 0.15) is 55.0 Å². The van der Waals surface area contributed by atoms with Gasteiger partial charge in [0.05, 0.1) is 16.8 Å². The van der Waals surface area contributed by atoms with Crippen LogP contribution < -0.4 is 15.5 Å². The maximum atomic E-state index is 13.0. The average molecular weight is 377 g/mol. The molecule has 1 fully saturated rings. The van der Waals surface area contributed by atoms with Gasteiger partial charge in [-0.15, -0.1) is 0 Å². The zero-order chi connectivity index (χ0) is 19.8. The van der Waals surface area contributed by atoms with Crippen LogP contribution in [0.5, 0.6) is 0 Å². The third kappa shape index (κ3) is 3.20. The van der Waals surface area contributed by atoms with Crippen LogP contribution in [0.15, 0.2) is 36.4 Å². The van der Waals surface area contributed by atoms with Crippen LogP contribution >= 0.6 is 0 Å². The number of aryl methyl sites for hydroxylation is 2. The number of hydrogen-bond acceptors (Lipinski definition) is 4. The van der Waals surface area contributed by atoms with Crippen LogP contribution in [0.25, 0.3) is 0 Å². The van der Waals surface area contributed by atoms with E-state index < -0.39 is 0 Å². The molecule has 28 heavy (non-hydrogen) atoms. The van der Waals surface area contributed by atoms with Crippen molar-refractivity contribution in [2.45, 2.75) is 32.7 Å². The first-order valence-electron chi connectivity index (χ1n) is 9.57. The highest BCUT2D eigenvalue weighted by Crippen LogP contribution is 2.31. The molecule has 2 aromatic carbocycles. The predicted octanol–water partition coefficient (Wildman–Crippen LogP) is 2.59. The van der Waals surface area contributed by atoms with Crippen molar-refractivity contribution in [2.75, 3.05) is 18.0 Å². The number of carbonyl (C=O) groups excluding carboxylic acids is 3. The summed E-state index contributed by atoms with van der Waals surface area (Å²) in [5.74, 6) is -0.974. The van der Waals surface area contributed by atoms with E-state index in [4.69, 9.17) is 0 Å². The lowest BCUT2D eigenvalue weighted by Gasteiger charge is -2.17. The van der Waals surface area contributed by atoms with Crippen LogP contribution in [-0.4, -0.2) is 36.9 Å². The van der Waals surface area contributed by atoms with Gasteiger partial charge in [-0.25, -0.2) is 4.90 Å². The number of fused-ring (bicyclic) bond motifs is 1. The highest BCUT2D eigenvalue weighted by molar-refractivity contribution is 6.35. The molecule has 0 aromatic heterocycles. The third-order valence-electron chi connectivity index (χ3n) is 5.43. The van der Waals surface area contributed by atoms with Crippen molar-refractivity contribution in [2.24, 2.45) is 0 Å². The molecular formula is C22H23N3O3. The van der Waals surface area contributed by atoms with Gasteiger partial charge in [0.2, 0.25) is 0 Å². The fourth-order valence-electron chi connectivity index (χ4n) is 3.81. The maximum absolute atomic E-state index is 13.0. The molecule has 144 valence electrons. The maximum Gasteiger partial charge on any atom is 0.266 e. The molecule has 2 aromatic rings. The molecule has 0 saturated carbocycles. The SMILES string of the molecule is Cc1ccc(C)c(N2C(=O)c3ccc(C(=O)NCC4CCCN4)cc3C2=O)c1. The Labute approximate surface area is 163 Å². The van der Waals surface area contributed by atoms with Gasteiger partial charge in [0.1, 0.15) is 0 Å². The fourth-order valence-corrected chi connectivity index (χ4v) is 3.81. The van der Waals surface area contributed by atoms with Crippen molar-refractivity contribution in [3.63, 3.8) is 0 Å². The number of rotatable bonds is 4. The first-order chi connectivity index (χ1) is 13.5. The average Bonchev–Trinajstić information content (AvgIpc) is 3.29. The van der Waals surface area contributed by atoms with Crippen molar-refractivity contribution in [3.05, 3.63) is 64.2 Å². The van der Waals surface area contributed by atoms with Crippen LogP contribution in [0, 0.1) is 13.8 Å². The van der Waals surface area contributed by atoms with Gasteiger partial charge in [-0.2, -0.15) is 0 Å². The monoisotopic (exact) mass is 377 g/mol.